The van der Waals surface area contributed by atoms with Crippen molar-refractivity contribution in [2.45, 2.75) is 71.1 Å². The van der Waals surface area contributed by atoms with E-state index in [1.165, 1.54) is 19.1 Å². The number of hydrogen-bond acceptors (Lipinski definition) is 8. The number of phenolic OH excluding ortho intramolecular Hbond substituents is 1. The van der Waals surface area contributed by atoms with Gasteiger partial charge in [-0.15, -0.1) is 0 Å². The molecule has 0 spiro atoms. The van der Waals surface area contributed by atoms with Crippen molar-refractivity contribution in [3.8, 4) is 5.75 Å². The molecule has 0 aromatic heterocycles. The highest BCUT2D eigenvalue weighted by Gasteiger charge is 2.28. The lowest BCUT2D eigenvalue weighted by Crippen LogP contribution is -2.55. The second-order valence-electron chi connectivity index (χ2n) is 10.8. The number of aromatic hydroxyl groups is 1. The Kier molecular flexibility index (Phi) is 16.3. The Balaban J connectivity index is 0.00000238. The normalized spacial score (nSPS) is 13.1. The molecule has 0 bridgehead atoms. The topological polar surface area (TPSA) is 237 Å². The Morgan fingerprint density at radius 2 is 1.29 bits per heavy atom. The fourth-order valence-electron chi connectivity index (χ4n) is 3.95. The molecule has 0 aliphatic carbocycles. The number of nitrogens with one attached hydrogen (secondary N) is 4. The van der Waals surface area contributed by atoms with Crippen molar-refractivity contribution in [2.24, 2.45) is 11.7 Å². The molecule has 2 aromatic rings. The SMILES string of the molecule is CC(=O)O.CC(C)C[C@@H](NC(=O)[C@H](Cc1ccccc1)NC(=O)CNC(=O)[C@@H](C)NC(=O)[C@@H](N)Cc1ccc(O)cc1)C(=O)O. The van der Waals surface area contributed by atoms with Crippen LogP contribution in [0.15, 0.2) is 54.6 Å². The highest BCUT2D eigenvalue weighted by Crippen LogP contribution is 2.11. The summed E-state index contributed by atoms with van der Waals surface area (Å²) in [6, 6.07) is 11.0. The number of carbonyl (C=O) groups excluding carboxylic acids is 4. The Bertz CT molecular complexity index is 1280. The number of nitrogens with two attached hydrogens (primary N) is 1. The molecule has 4 atom stereocenters. The molecule has 0 aliphatic heterocycles. The van der Waals surface area contributed by atoms with E-state index in [-0.39, 0.29) is 30.9 Å². The maximum Gasteiger partial charge on any atom is 0.326 e. The molecule has 4 amide bonds. The number of carbonyl (C=O) groups is 6. The average Bonchev–Trinajstić information content (AvgIpc) is 2.96. The molecular formula is C31H43N5O9. The zero-order valence-electron chi connectivity index (χ0n) is 25.8. The third-order valence-corrected chi connectivity index (χ3v) is 6.16. The number of carboxylic acid groups (broad SMARTS) is 2. The van der Waals surface area contributed by atoms with Crippen molar-refractivity contribution in [1.82, 2.24) is 21.3 Å². The number of aliphatic carboxylic acids is 2. The van der Waals surface area contributed by atoms with E-state index in [2.05, 4.69) is 21.3 Å². The summed E-state index contributed by atoms with van der Waals surface area (Å²) in [5.74, 6) is -4.46. The third-order valence-electron chi connectivity index (χ3n) is 6.16. The van der Waals surface area contributed by atoms with E-state index in [9.17, 15) is 34.2 Å². The van der Waals surface area contributed by atoms with Gasteiger partial charge >= 0.3 is 5.97 Å². The zero-order chi connectivity index (χ0) is 34.1. The van der Waals surface area contributed by atoms with Crippen molar-refractivity contribution in [3.05, 3.63) is 65.7 Å². The first-order valence-electron chi connectivity index (χ1n) is 14.3. The zero-order valence-corrected chi connectivity index (χ0v) is 25.8. The first kappa shape index (κ1) is 38.0. The quantitative estimate of drug-likeness (QED) is 0.134. The Morgan fingerprint density at radius 3 is 1.82 bits per heavy atom. The first-order valence-corrected chi connectivity index (χ1v) is 14.3. The van der Waals surface area contributed by atoms with Gasteiger partial charge in [0.2, 0.25) is 23.6 Å². The van der Waals surface area contributed by atoms with Gasteiger partial charge in [0.15, 0.2) is 0 Å². The summed E-state index contributed by atoms with van der Waals surface area (Å²) in [5, 5.41) is 36.3. The van der Waals surface area contributed by atoms with Gasteiger partial charge in [-0.3, -0.25) is 24.0 Å². The summed E-state index contributed by atoms with van der Waals surface area (Å²) < 4.78 is 0. The van der Waals surface area contributed by atoms with Gasteiger partial charge in [0, 0.05) is 13.3 Å². The average molecular weight is 630 g/mol. The lowest BCUT2D eigenvalue weighted by Gasteiger charge is -2.23. The molecule has 0 radical (unpaired) electrons. The van der Waals surface area contributed by atoms with Crippen LogP contribution >= 0.6 is 0 Å². The lowest BCUT2D eigenvalue weighted by molar-refractivity contribution is -0.142. The van der Waals surface area contributed by atoms with E-state index in [0.29, 0.717) is 0 Å². The van der Waals surface area contributed by atoms with Gasteiger partial charge in [-0.05, 0) is 48.9 Å². The van der Waals surface area contributed by atoms with Gasteiger partial charge in [-0.25, -0.2) is 4.79 Å². The maximum atomic E-state index is 13.0. The van der Waals surface area contributed by atoms with Gasteiger partial charge in [-0.2, -0.15) is 0 Å². The Labute approximate surface area is 261 Å². The number of benzene rings is 2. The van der Waals surface area contributed by atoms with Crippen molar-refractivity contribution in [2.75, 3.05) is 6.54 Å². The summed E-state index contributed by atoms with van der Waals surface area (Å²) in [6.07, 6.45) is 0.505. The second kappa shape index (κ2) is 19.3. The molecule has 2 aromatic carbocycles. The first-order chi connectivity index (χ1) is 21.1. The fourth-order valence-corrected chi connectivity index (χ4v) is 3.95. The van der Waals surface area contributed by atoms with E-state index in [0.717, 1.165) is 18.1 Å². The fraction of sp³-hybridized carbons (Fsp3) is 0.419. The van der Waals surface area contributed by atoms with E-state index in [1.54, 1.807) is 42.5 Å². The Hall–Kier alpha value is -4.98. The van der Waals surface area contributed by atoms with Gasteiger partial charge < -0.3 is 42.3 Å². The predicted molar refractivity (Wildman–Crippen MR) is 165 cm³/mol. The smallest absolute Gasteiger partial charge is 0.326 e. The van der Waals surface area contributed by atoms with Crippen molar-refractivity contribution in [3.63, 3.8) is 0 Å². The molecule has 0 unspecified atom stereocenters. The van der Waals surface area contributed by atoms with Crippen LogP contribution in [0.3, 0.4) is 0 Å². The highest BCUT2D eigenvalue weighted by molar-refractivity contribution is 5.94. The molecule has 45 heavy (non-hydrogen) atoms. The van der Waals surface area contributed by atoms with Crippen molar-refractivity contribution in [1.29, 1.82) is 0 Å². The van der Waals surface area contributed by atoms with Crippen LogP contribution in [0, 0.1) is 5.92 Å². The van der Waals surface area contributed by atoms with Gasteiger partial charge in [-0.1, -0.05) is 56.3 Å². The van der Waals surface area contributed by atoms with Crippen LogP contribution in [0.1, 0.15) is 45.2 Å². The minimum absolute atomic E-state index is 0.0126. The molecule has 0 aliphatic rings. The van der Waals surface area contributed by atoms with Crippen LogP contribution in [-0.2, 0) is 41.6 Å². The summed E-state index contributed by atoms with van der Waals surface area (Å²) in [5.41, 5.74) is 7.41. The molecule has 0 fully saturated rings. The van der Waals surface area contributed by atoms with Crippen molar-refractivity contribution >= 4 is 35.6 Å². The number of hydrogen-bond donors (Lipinski definition) is 8. The highest BCUT2D eigenvalue weighted by atomic mass is 16.4. The van der Waals surface area contributed by atoms with E-state index >= 15 is 0 Å². The monoisotopic (exact) mass is 629 g/mol. The molecule has 0 saturated carbocycles. The molecule has 0 saturated heterocycles. The minimum Gasteiger partial charge on any atom is -0.508 e. The third kappa shape index (κ3) is 15.9. The van der Waals surface area contributed by atoms with E-state index in [1.807, 2.05) is 13.8 Å². The molecule has 246 valence electrons. The minimum atomic E-state index is -1.18. The van der Waals surface area contributed by atoms with Crippen LogP contribution in [0.5, 0.6) is 5.75 Å². The summed E-state index contributed by atoms with van der Waals surface area (Å²) in [6.45, 7) is 5.71. The number of amides is 4. The van der Waals surface area contributed by atoms with Crippen molar-refractivity contribution < 1.29 is 44.1 Å². The predicted octanol–water partition coefficient (Wildman–Crippen LogP) is 0.317. The summed E-state index contributed by atoms with van der Waals surface area (Å²) >= 11 is 0. The van der Waals surface area contributed by atoms with Crippen LogP contribution < -0.4 is 27.0 Å². The van der Waals surface area contributed by atoms with Gasteiger partial charge in [0.25, 0.3) is 5.97 Å². The van der Waals surface area contributed by atoms with E-state index < -0.39 is 66.3 Å². The molecular weight excluding hydrogens is 586 g/mol. The van der Waals surface area contributed by atoms with Crippen LogP contribution in [0.4, 0.5) is 0 Å². The molecule has 2 rings (SSSR count). The van der Waals surface area contributed by atoms with Crippen LogP contribution in [0.25, 0.3) is 0 Å². The molecule has 0 heterocycles. The van der Waals surface area contributed by atoms with Crippen LogP contribution in [-0.4, -0.2) is 81.6 Å². The number of phenols is 1. The van der Waals surface area contributed by atoms with Crippen LogP contribution in [0.2, 0.25) is 0 Å². The molecule has 14 nitrogen and oxygen atoms in total. The van der Waals surface area contributed by atoms with E-state index in [4.69, 9.17) is 15.6 Å². The standard InChI is InChI=1S/C29H39N5O7.C2H4O2/c1-17(2)13-24(29(40)41)34-28(39)23(15-19-7-5-4-6-8-19)33-25(36)16-31-26(37)18(3)32-27(38)22(30)14-20-9-11-21(35)12-10-20;1-2(3)4/h4-12,17-18,22-24,35H,13-16,30H2,1-3H3,(H,31,37)(H,32,38)(H,33,36)(H,34,39)(H,40,41);1H3,(H,3,4)/t18-,22+,23+,24-;/m1./s1. The summed E-state index contributed by atoms with van der Waals surface area (Å²) in [7, 11) is 0. The Morgan fingerprint density at radius 1 is 0.733 bits per heavy atom. The largest absolute Gasteiger partial charge is 0.508 e. The maximum absolute atomic E-state index is 13.0. The molecule has 9 N–H and O–H groups in total. The number of carboxylic acids is 2. The summed E-state index contributed by atoms with van der Waals surface area (Å²) in [4.78, 5) is 71.3. The second-order valence-corrected chi connectivity index (χ2v) is 10.8. The number of rotatable bonds is 15. The van der Waals surface area contributed by atoms with Gasteiger partial charge in [0.05, 0.1) is 12.6 Å². The van der Waals surface area contributed by atoms with Gasteiger partial charge in [0.1, 0.15) is 23.9 Å². The molecule has 14 heteroatoms. The lowest BCUT2D eigenvalue weighted by atomic mass is 10.0.